The van der Waals surface area contributed by atoms with Crippen molar-refractivity contribution in [2.75, 3.05) is 6.54 Å². The molecule has 9 atom stereocenters. The van der Waals surface area contributed by atoms with Gasteiger partial charge in [-0.3, -0.25) is 0 Å². The van der Waals surface area contributed by atoms with E-state index >= 15 is 0 Å². The Morgan fingerprint density at radius 3 is 2.47 bits per heavy atom. The molecule has 1 amide bonds. The summed E-state index contributed by atoms with van der Waals surface area (Å²) < 4.78 is 5.75. The van der Waals surface area contributed by atoms with Gasteiger partial charge in [-0.15, -0.1) is 0 Å². The summed E-state index contributed by atoms with van der Waals surface area (Å²) in [5, 5.41) is 12.1. The van der Waals surface area contributed by atoms with Crippen LogP contribution < -0.4 is 5.32 Å². The van der Waals surface area contributed by atoms with E-state index in [1.807, 2.05) is 0 Å². The van der Waals surface area contributed by atoms with Gasteiger partial charge in [0, 0.05) is 13.0 Å². The van der Waals surface area contributed by atoms with E-state index in [0.717, 1.165) is 54.8 Å². The molecule has 2 unspecified atom stereocenters. The number of aliphatic hydroxyl groups is 1. The number of allylic oxidation sites excluding steroid dienone is 1. The molecule has 220 valence electrons. The summed E-state index contributed by atoms with van der Waals surface area (Å²) in [6.07, 6.45) is 16.6. The fraction of sp³-hybridized carbons (Fsp3) is 0.912. The maximum absolute atomic E-state index is 12.2. The lowest BCUT2D eigenvalue weighted by atomic mass is 9.48. The van der Waals surface area contributed by atoms with Crippen LogP contribution >= 0.6 is 0 Å². The van der Waals surface area contributed by atoms with Crippen molar-refractivity contribution in [3.8, 4) is 0 Å². The van der Waals surface area contributed by atoms with Crippen molar-refractivity contribution in [1.29, 1.82) is 0 Å². The minimum atomic E-state index is -0.555. The highest BCUT2D eigenvalue weighted by Crippen LogP contribution is 2.61. The van der Waals surface area contributed by atoms with Crippen LogP contribution in [0.2, 0.25) is 0 Å². The van der Waals surface area contributed by atoms with Crippen molar-refractivity contribution in [3.63, 3.8) is 0 Å². The Kier molecular flexibility index (Phi) is 11.2. The molecular weight excluding hydrogens is 470 g/mol. The van der Waals surface area contributed by atoms with E-state index in [1.165, 1.54) is 57.8 Å². The molecule has 4 nitrogen and oxygen atoms in total. The van der Waals surface area contributed by atoms with Crippen LogP contribution in [0.25, 0.3) is 0 Å². The first-order chi connectivity index (χ1) is 17.9. The highest BCUT2D eigenvalue weighted by molar-refractivity contribution is 5.67. The van der Waals surface area contributed by atoms with Gasteiger partial charge in [0.1, 0.15) is 6.10 Å². The molecule has 3 aliphatic carbocycles. The molecule has 0 aromatic carbocycles. The van der Waals surface area contributed by atoms with Crippen molar-refractivity contribution >= 4 is 6.09 Å². The van der Waals surface area contributed by atoms with Crippen molar-refractivity contribution < 1.29 is 14.6 Å². The molecule has 2 N–H and O–H groups in total. The van der Waals surface area contributed by atoms with Gasteiger partial charge in [-0.2, -0.15) is 0 Å². The summed E-state index contributed by atoms with van der Waals surface area (Å²) in [4.78, 5) is 12.2. The van der Waals surface area contributed by atoms with Crippen molar-refractivity contribution in [3.05, 3.63) is 11.6 Å². The molecule has 4 heteroatoms. The third kappa shape index (κ3) is 7.38. The molecule has 3 aliphatic rings. The number of carbonyl (C=O) groups is 1. The quantitative estimate of drug-likeness (QED) is 0.247. The highest BCUT2D eigenvalue weighted by Gasteiger charge is 2.52. The predicted octanol–water partition coefficient (Wildman–Crippen LogP) is 8.92. The second kappa shape index (κ2) is 13.6. The Hall–Kier alpha value is -1.03. The number of hydrogen-bond donors (Lipinski definition) is 2. The predicted molar refractivity (Wildman–Crippen MR) is 159 cm³/mol. The number of ether oxygens (including phenoxy) is 1. The second-order valence-corrected chi connectivity index (χ2v) is 14.5. The van der Waals surface area contributed by atoms with Crippen LogP contribution in [-0.2, 0) is 4.74 Å². The first-order valence-electron chi connectivity index (χ1n) is 16.3. The van der Waals surface area contributed by atoms with Crippen LogP contribution in [0.4, 0.5) is 4.79 Å². The van der Waals surface area contributed by atoms with Gasteiger partial charge in [0.15, 0.2) is 0 Å². The summed E-state index contributed by atoms with van der Waals surface area (Å²) in [7, 11) is 0. The Morgan fingerprint density at radius 1 is 1.11 bits per heavy atom. The minimum Gasteiger partial charge on any atom is -0.446 e. The van der Waals surface area contributed by atoms with Gasteiger partial charge in [-0.25, -0.2) is 4.79 Å². The number of hydrogen-bond acceptors (Lipinski definition) is 3. The Morgan fingerprint density at radius 2 is 1.84 bits per heavy atom. The third-order valence-electron chi connectivity index (χ3n) is 11.4. The number of rotatable bonds is 12. The van der Waals surface area contributed by atoms with Crippen LogP contribution in [0.3, 0.4) is 0 Å². The number of fused-ring (bicyclic) bond motifs is 3. The van der Waals surface area contributed by atoms with E-state index in [4.69, 9.17) is 4.74 Å². The molecular formula is C34H61NO3. The minimum absolute atomic E-state index is 0.0405. The highest BCUT2D eigenvalue weighted by atomic mass is 16.6. The van der Waals surface area contributed by atoms with Crippen LogP contribution in [0.15, 0.2) is 11.6 Å². The number of carbonyl (C=O) groups excluding carboxylic acids is 1. The monoisotopic (exact) mass is 531 g/mol. The average molecular weight is 532 g/mol. The van der Waals surface area contributed by atoms with Gasteiger partial charge >= 0.3 is 6.09 Å². The van der Waals surface area contributed by atoms with Crippen LogP contribution in [0.1, 0.15) is 132 Å². The Bertz CT molecular complexity index is 791. The van der Waals surface area contributed by atoms with Gasteiger partial charge in [-0.1, -0.05) is 79.4 Å². The zero-order valence-corrected chi connectivity index (χ0v) is 26.2. The number of alkyl carbamates (subject to hydrolysis) is 1. The molecule has 38 heavy (non-hydrogen) atoms. The molecule has 0 bridgehead atoms. The van der Waals surface area contributed by atoms with Crippen LogP contribution in [0, 0.1) is 46.3 Å². The van der Waals surface area contributed by atoms with E-state index in [9.17, 15) is 9.90 Å². The fourth-order valence-electron chi connectivity index (χ4n) is 9.07. The molecule has 0 spiro atoms. The van der Waals surface area contributed by atoms with Gasteiger partial charge in [0.25, 0.3) is 0 Å². The van der Waals surface area contributed by atoms with E-state index in [0.29, 0.717) is 5.41 Å². The average Bonchev–Trinajstić information content (AvgIpc) is 2.86. The first-order valence-corrected chi connectivity index (χ1v) is 16.3. The molecule has 0 aliphatic heterocycles. The van der Waals surface area contributed by atoms with E-state index in [1.54, 1.807) is 12.5 Å². The van der Waals surface area contributed by atoms with Crippen molar-refractivity contribution in [2.24, 2.45) is 46.3 Å². The lowest BCUT2D eigenvalue weighted by Crippen LogP contribution is -2.48. The SMILES string of the molecule is CCC[C@H]([C@H](C)CCC(CC)C(C)C)[C@@]1(C)CC[C@H]2[C@@H](CC=C3C[C@@H](OC(=O)NCC(C)O)CC[C@@]32C)C1. The van der Waals surface area contributed by atoms with Crippen molar-refractivity contribution in [1.82, 2.24) is 5.32 Å². The molecule has 0 aromatic heterocycles. The maximum atomic E-state index is 12.2. The number of aliphatic hydroxyl groups excluding tert-OH is 1. The fourth-order valence-corrected chi connectivity index (χ4v) is 9.07. The standard InChI is InChI=1S/C34H61NO3/c1-9-11-30(24(5)12-13-26(10-2)23(3)4)33(7)18-17-31-27(21-33)14-15-28-20-29(16-19-34(28,31)8)38-32(37)35-22-25(6)36/h15,23-27,29-31,36H,9-14,16-22H2,1-8H3,(H,35,37)/t24-,25?,26?,27+,29+,30-,31+,33+,34+/m1/s1. The van der Waals surface area contributed by atoms with Gasteiger partial charge in [0.2, 0.25) is 0 Å². The van der Waals surface area contributed by atoms with Crippen LogP contribution in [0.5, 0.6) is 0 Å². The molecule has 2 fully saturated rings. The number of nitrogens with one attached hydrogen (secondary N) is 1. The molecule has 0 saturated heterocycles. The zero-order valence-electron chi connectivity index (χ0n) is 26.2. The largest absolute Gasteiger partial charge is 0.446 e. The Balaban J connectivity index is 1.65. The van der Waals surface area contributed by atoms with Gasteiger partial charge in [-0.05, 0) is 105 Å². The molecule has 2 saturated carbocycles. The zero-order chi connectivity index (χ0) is 28.1. The van der Waals surface area contributed by atoms with E-state index in [2.05, 4.69) is 59.9 Å². The summed E-state index contributed by atoms with van der Waals surface area (Å²) >= 11 is 0. The second-order valence-electron chi connectivity index (χ2n) is 14.5. The summed E-state index contributed by atoms with van der Waals surface area (Å²) in [5.41, 5.74) is 2.26. The lowest BCUT2D eigenvalue weighted by molar-refractivity contribution is -0.0391. The summed E-state index contributed by atoms with van der Waals surface area (Å²) in [5.74, 6) is 4.87. The smallest absolute Gasteiger partial charge is 0.407 e. The van der Waals surface area contributed by atoms with Crippen LogP contribution in [-0.4, -0.2) is 30.0 Å². The molecule has 0 heterocycles. The van der Waals surface area contributed by atoms with Gasteiger partial charge in [0.05, 0.1) is 6.10 Å². The normalized spacial score (nSPS) is 34.4. The molecule has 0 radical (unpaired) electrons. The summed E-state index contributed by atoms with van der Waals surface area (Å²) in [6, 6.07) is 0. The van der Waals surface area contributed by atoms with E-state index < -0.39 is 12.2 Å². The first kappa shape index (κ1) is 31.5. The van der Waals surface area contributed by atoms with Gasteiger partial charge < -0.3 is 15.2 Å². The Labute approximate surface area is 235 Å². The van der Waals surface area contributed by atoms with E-state index in [-0.39, 0.29) is 18.1 Å². The van der Waals surface area contributed by atoms with Crippen molar-refractivity contribution in [2.45, 2.75) is 145 Å². The third-order valence-corrected chi connectivity index (χ3v) is 11.4. The number of amides is 1. The lowest BCUT2D eigenvalue weighted by Gasteiger charge is -2.57. The topological polar surface area (TPSA) is 58.6 Å². The maximum Gasteiger partial charge on any atom is 0.407 e. The molecule has 3 rings (SSSR count). The molecule has 0 aromatic rings. The summed E-state index contributed by atoms with van der Waals surface area (Å²) in [6.45, 7) is 19.2.